The number of nitrogens with one attached hydrogen (secondary N) is 1. The predicted molar refractivity (Wildman–Crippen MR) is 51.7 cm³/mol. The van der Waals surface area contributed by atoms with E-state index in [0.29, 0.717) is 17.8 Å². The van der Waals surface area contributed by atoms with Gasteiger partial charge < -0.3 is 15.7 Å². The van der Waals surface area contributed by atoms with E-state index in [1.54, 1.807) is 0 Å². The molecule has 0 spiro atoms. The minimum absolute atomic E-state index is 0.0969. The molecule has 14 heavy (non-hydrogen) atoms. The second-order valence-corrected chi connectivity index (χ2v) is 3.56. The SMILES string of the molecule is NC1CCN(c2n[nH]c(CO)n2)CC1. The molecule has 0 amide bonds. The van der Waals surface area contributed by atoms with E-state index in [1.165, 1.54) is 0 Å². The highest BCUT2D eigenvalue weighted by Crippen LogP contribution is 2.14. The van der Waals surface area contributed by atoms with Gasteiger partial charge in [-0.05, 0) is 12.8 Å². The van der Waals surface area contributed by atoms with Crippen molar-refractivity contribution < 1.29 is 5.11 Å². The number of rotatable bonds is 2. The number of hydrogen-bond donors (Lipinski definition) is 3. The summed E-state index contributed by atoms with van der Waals surface area (Å²) in [6.45, 7) is 1.69. The highest BCUT2D eigenvalue weighted by atomic mass is 16.3. The number of H-pyrrole nitrogens is 1. The first-order valence-corrected chi connectivity index (χ1v) is 4.82. The van der Waals surface area contributed by atoms with E-state index in [0.717, 1.165) is 25.9 Å². The summed E-state index contributed by atoms with van der Waals surface area (Å²) in [5, 5.41) is 15.5. The summed E-state index contributed by atoms with van der Waals surface area (Å²) in [6.07, 6.45) is 1.95. The van der Waals surface area contributed by atoms with Crippen LogP contribution < -0.4 is 10.6 Å². The van der Waals surface area contributed by atoms with E-state index < -0.39 is 0 Å². The van der Waals surface area contributed by atoms with Crippen LogP contribution in [0.1, 0.15) is 18.7 Å². The number of nitrogens with zero attached hydrogens (tertiary/aromatic N) is 3. The molecular formula is C8H15N5O. The van der Waals surface area contributed by atoms with Gasteiger partial charge in [-0.25, -0.2) is 0 Å². The zero-order valence-electron chi connectivity index (χ0n) is 7.98. The quantitative estimate of drug-likeness (QED) is 0.579. The number of aromatic amines is 1. The van der Waals surface area contributed by atoms with Gasteiger partial charge in [0.25, 0.3) is 0 Å². The van der Waals surface area contributed by atoms with Crippen LogP contribution in [0.15, 0.2) is 0 Å². The van der Waals surface area contributed by atoms with Crippen LogP contribution in [0.5, 0.6) is 0 Å². The Morgan fingerprint density at radius 2 is 2.21 bits per heavy atom. The first kappa shape index (κ1) is 9.42. The molecule has 1 fully saturated rings. The summed E-state index contributed by atoms with van der Waals surface area (Å²) in [4.78, 5) is 6.23. The molecular weight excluding hydrogens is 182 g/mol. The molecule has 0 aromatic carbocycles. The van der Waals surface area contributed by atoms with Crippen LogP contribution in [-0.2, 0) is 6.61 Å². The minimum atomic E-state index is -0.0969. The van der Waals surface area contributed by atoms with E-state index in [9.17, 15) is 0 Å². The number of aliphatic hydroxyl groups is 1. The first-order chi connectivity index (χ1) is 6.79. The molecule has 4 N–H and O–H groups in total. The van der Waals surface area contributed by atoms with Crippen molar-refractivity contribution in [2.45, 2.75) is 25.5 Å². The lowest BCUT2D eigenvalue weighted by molar-refractivity contribution is 0.272. The van der Waals surface area contributed by atoms with Gasteiger partial charge in [0.2, 0.25) is 5.95 Å². The van der Waals surface area contributed by atoms with Gasteiger partial charge in [-0.1, -0.05) is 0 Å². The molecule has 78 valence electrons. The van der Waals surface area contributed by atoms with Gasteiger partial charge in [-0.2, -0.15) is 4.98 Å². The smallest absolute Gasteiger partial charge is 0.244 e. The van der Waals surface area contributed by atoms with Gasteiger partial charge in [-0.3, -0.25) is 5.10 Å². The summed E-state index contributed by atoms with van der Waals surface area (Å²) < 4.78 is 0. The number of aromatic nitrogens is 3. The molecule has 0 atom stereocenters. The molecule has 0 bridgehead atoms. The van der Waals surface area contributed by atoms with Crippen LogP contribution in [-0.4, -0.2) is 39.4 Å². The molecule has 2 heterocycles. The molecule has 0 unspecified atom stereocenters. The van der Waals surface area contributed by atoms with Crippen LogP contribution in [0, 0.1) is 0 Å². The van der Waals surface area contributed by atoms with E-state index in [2.05, 4.69) is 20.1 Å². The lowest BCUT2D eigenvalue weighted by Crippen LogP contribution is -2.40. The monoisotopic (exact) mass is 197 g/mol. The fourth-order valence-corrected chi connectivity index (χ4v) is 1.60. The Balaban J connectivity index is 2.01. The van der Waals surface area contributed by atoms with Crippen molar-refractivity contribution in [2.24, 2.45) is 5.73 Å². The number of nitrogens with two attached hydrogens (primary N) is 1. The third kappa shape index (κ3) is 1.85. The molecule has 0 saturated carbocycles. The highest BCUT2D eigenvalue weighted by Gasteiger charge is 2.19. The normalized spacial score (nSPS) is 18.9. The van der Waals surface area contributed by atoms with E-state index in [1.807, 2.05) is 0 Å². The maximum Gasteiger partial charge on any atom is 0.244 e. The maximum atomic E-state index is 8.82. The van der Waals surface area contributed by atoms with E-state index >= 15 is 0 Å². The van der Waals surface area contributed by atoms with Gasteiger partial charge in [-0.15, -0.1) is 5.10 Å². The highest BCUT2D eigenvalue weighted by molar-refractivity contribution is 5.29. The zero-order chi connectivity index (χ0) is 9.97. The molecule has 1 aliphatic rings. The molecule has 1 saturated heterocycles. The summed E-state index contributed by atoms with van der Waals surface area (Å²) in [5.41, 5.74) is 5.79. The van der Waals surface area contributed by atoms with Crippen molar-refractivity contribution in [1.29, 1.82) is 0 Å². The topological polar surface area (TPSA) is 91.1 Å². The largest absolute Gasteiger partial charge is 0.388 e. The van der Waals surface area contributed by atoms with Crippen molar-refractivity contribution in [3.8, 4) is 0 Å². The fourth-order valence-electron chi connectivity index (χ4n) is 1.60. The van der Waals surface area contributed by atoms with Gasteiger partial charge in [0.05, 0.1) is 0 Å². The molecule has 1 aliphatic heterocycles. The Morgan fingerprint density at radius 3 is 2.79 bits per heavy atom. The van der Waals surface area contributed by atoms with Crippen molar-refractivity contribution in [3.05, 3.63) is 5.82 Å². The second-order valence-electron chi connectivity index (χ2n) is 3.56. The molecule has 6 heteroatoms. The lowest BCUT2D eigenvalue weighted by atomic mass is 10.1. The number of anilines is 1. The fraction of sp³-hybridized carbons (Fsp3) is 0.750. The van der Waals surface area contributed by atoms with Crippen LogP contribution >= 0.6 is 0 Å². The Morgan fingerprint density at radius 1 is 1.50 bits per heavy atom. The molecule has 6 nitrogen and oxygen atoms in total. The third-order valence-corrected chi connectivity index (χ3v) is 2.49. The molecule has 0 aliphatic carbocycles. The van der Waals surface area contributed by atoms with Gasteiger partial charge in [0.15, 0.2) is 5.82 Å². The molecule has 1 aromatic heterocycles. The second kappa shape index (κ2) is 3.93. The Kier molecular flexibility index (Phi) is 2.64. The van der Waals surface area contributed by atoms with Crippen molar-refractivity contribution in [1.82, 2.24) is 15.2 Å². The molecule has 0 radical (unpaired) electrons. The van der Waals surface area contributed by atoms with Crippen LogP contribution in [0.25, 0.3) is 0 Å². The summed E-state index contributed by atoms with van der Waals surface area (Å²) in [7, 11) is 0. The minimum Gasteiger partial charge on any atom is -0.388 e. The van der Waals surface area contributed by atoms with Crippen molar-refractivity contribution in [2.75, 3.05) is 18.0 Å². The van der Waals surface area contributed by atoms with E-state index in [4.69, 9.17) is 10.8 Å². The predicted octanol–water partition coefficient (Wildman–Crippen LogP) is -0.776. The number of piperidine rings is 1. The van der Waals surface area contributed by atoms with Crippen LogP contribution in [0.4, 0.5) is 5.95 Å². The lowest BCUT2D eigenvalue weighted by Gasteiger charge is -2.28. The van der Waals surface area contributed by atoms with Gasteiger partial charge >= 0.3 is 0 Å². The van der Waals surface area contributed by atoms with Crippen molar-refractivity contribution >= 4 is 5.95 Å². The zero-order valence-corrected chi connectivity index (χ0v) is 7.98. The Labute approximate surface area is 82.1 Å². The van der Waals surface area contributed by atoms with Crippen LogP contribution in [0.2, 0.25) is 0 Å². The third-order valence-electron chi connectivity index (χ3n) is 2.49. The Bertz CT molecular complexity index is 292. The van der Waals surface area contributed by atoms with Crippen LogP contribution in [0.3, 0.4) is 0 Å². The number of hydrogen-bond acceptors (Lipinski definition) is 5. The summed E-state index contributed by atoms with van der Waals surface area (Å²) >= 11 is 0. The number of aliphatic hydroxyl groups excluding tert-OH is 1. The summed E-state index contributed by atoms with van der Waals surface area (Å²) in [6, 6.07) is 0.308. The van der Waals surface area contributed by atoms with Gasteiger partial charge in [0.1, 0.15) is 6.61 Å². The van der Waals surface area contributed by atoms with E-state index in [-0.39, 0.29) is 6.61 Å². The summed E-state index contributed by atoms with van der Waals surface area (Å²) in [5.74, 6) is 1.18. The first-order valence-electron chi connectivity index (χ1n) is 4.82. The van der Waals surface area contributed by atoms with Gasteiger partial charge in [0, 0.05) is 19.1 Å². The maximum absolute atomic E-state index is 8.82. The van der Waals surface area contributed by atoms with Crippen molar-refractivity contribution in [3.63, 3.8) is 0 Å². The Hall–Kier alpha value is -1.14. The average molecular weight is 197 g/mol. The standard InChI is InChI=1S/C8H15N5O/c9-6-1-3-13(4-2-6)8-10-7(5-14)11-12-8/h6,14H,1-5,9H2,(H,10,11,12). The average Bonchev–Trinajstić information content (AvgIpc) is 2.67. The molecule has 2 rings (SSSR count). The molecule has 1 aromatic rings.